The van der Waals surface area contributed by atoms with Gasteiger partial charge in [0, 0.05) is 17.3 Å². The minimum Gasteiger partial charge on any atom is -0.389 e. The lowest BCUT2D eigenvalue weighted by Gasteiger charge is -2.20. The Morgan fingerprint density at radius 2 is 2.22 bits per heavy atom. The summed E-state index contributed by atoms with van der Waals surface area (Å²) in [6.07, 6.45) is 3.44. The number of halogens is 1. The summed E-state index contributed by atoms with van der Waals surface area (Å²) in [4.78, 5) is 0.231. The summed E-state index contributed by atoms with van der Waals surface area (Å²) >= 11 is 4.97. The van der Waals surface area contributed by atoms with Crippen molar-refractivity contribution in [2.24, 2.45) is 11.1 Å². The number of thiocarbonyl (C=S) groups is 1. The van der Waals surface area contributed by atoms with Crippen LogP contribution in [0.1, 0.15) is 38.7 Å². The van der Waals surface area contributed by atoms with E-state index in [0.29, 0.717) is 17.0 Å². The molecule has 1 atom stereocenters. The molecule has 98 valence electrons. The van der Waals surface area contributed by atoms with Gasteiger partial charge in [0.25, 0.3) is 0 Å². The van der Waals surface area contributed by atoms with Gasteiger partial charge < -0.3 is 11.1 Å². The molecule has 0 amide bonds. The van der Waals surface area contributed by atoms with E-state index in [1.807, 2.05) is 0 Å². The van der Waals surface area contributed by atoms with Gasteiger partial charge in [-0.15, -0.1) is 0 Å². The van der Waals surface area contributed by atoms with Crippen LogP contribution in [0.3, 0.4) is 0 Å². The zero-order valence-electron chi connectivity index (χ0n) is 10.8. The van der Waals surface area contributed by atoms with Crippen LogP contribution in [-0.4, -0.2) is 11.0 Å². The highest BCUT2D eigenvalue weighted by Gasteiger charge is 2.31. The van der Waals surface area contributed by atoms with Crippen LogP contribution in [-0.2, 0) is 0 Å². The zero-order chi connectivity index (χ0) is 13.3. The second-order valence-corrected chi connectivity index (χ2v) is 6.24. The van der Waals surface area contributed by atoms with E-state index in [1.54, 1.807) is 6.07 Å². The molecule has 0 heterocycles. The predicted molar refractivity (Wildman–Crippen MR) is 77.3 cm³/mol. The quantitative estimate of drug-likeness (QED) is 0.823. The fraction of sp³-hybridized carbons (Fsp3) is 0.500. The molecule has 0 saturated heterocycles. The lowest BCUT2D eigenvalue weighted by atomic mass is 9.92. The van der Waals surface area contributed by atoms with Crippen LogP contribution in [0.15, 0.2) is 18.2 Å². The second-order valence-electron chi connectivity index (χ2n) is 5.80. The topological polar surface area (TPSA) is 38.0 Å². The van der Waals surface area contributed by atoms with E-state index in [9.17, 15) is 4.39 Å². The Balaban J connectivity index is 2.17. The first-order valence-electron chi connectivity index (χ1n) is 6.23. The summed E-state index contributed by atoms with van der Waals surface area (Å²) in [5, 5.41) is 3.44. The molecular weight excluding hydrogens is 247 g/mol. The summed E-state index contributed by atoms with van der Waals surface area (Å²) < 4.78 is 13.2. The van der Waals surface area contributed by atoms with Gasteiger partial charge in [-0.25, -0.2) is 4.39 Å². The third-order valence-corrected chi connectivity index (χ3v) is 3.80. The molecule has 2 rings (SSSR count). The van der Waals surface area contributed by atoms with E-state index in [1.165, 1.54) is 18.6 Å². The molecular formula is C14H19FN2S. The molecule has 1 aromatic rings. The minimum absolute atomic E-state index is 0.231. The number of hydrogen-bond acceptors (Lipinski definition) is 2. The van der Waals surface area contributed by atoms with E-state index in [2.05, 4.69) is 19.2 Å². The molecule has 1 aliphatic carbocycles. The van der Waals surface area contributed by atoms with Crippen molar-refractivity contribution in [3.8, 4) is 0 Å². The van der Waals surface area contributed by atoms with Crippen LogP contribution in [0, 0.1) is 11.2 Å². The van der Waals surface area contributed by atoms with Crippen molar-refractivity contribution in [3.63, 3.8) is 0 Å². The van der Waals surface area contributed by atoms with E-state index in [-0.39, 0.29) is 10.8 Å². The molecule has 1 fully saturated rings. The predicted octanol–water partition coefficient (Wildman–Crippen LogP) is 3.45. The Labute approximate surface area is 113 Å². The summed E-state index contributed by atoms with van der Waals surface area (Å²) in [6.45, 7) is 4.54. The van der Waals surface area contributed by atoms with Gasteiger partial charge in [-0.2, -0.15) is 0 Å². The maximum atomic E-state index is 13.2. The maximum absolute atomic E-state index is 13.2. The van der Waals surface area contributed by atoms with Gasteiger partial charge in [-0.05, 0) is 42.9 Å². The van der Waals surface area contributed by atoms with Crippen LogP contribution >= 0.6 is 12.2 Å². The van der Waals surface area contributed by atoms with Crippen molar-refractivity contribution in [1.82, 2.24) is 0 Å². The SMILES string of the molecule is CC1(C)CCC(Nc2ccc(F)cc2C(N)=S)C1. The van der Waals surface area contributed by atoms with Gasteiger partial charge in [-0.1, -0.05) is 26.1 Å². The highest BCUT2D eigenvalue weighted by Crippen LogP contribution is 2.38. The first kappa shape index (κ1) is 13.3. The van der Waals surface area contributed by atoms with Crippen molar-refractivity contribution >= 4 is 22.9 Å². The molecule has 1 aromatic carbocycles. The highest BCUT2D eigenvalue weighted by atomic mass is 32.1. The smallest absolute Gasteiger partial charge is 0.124 e. The van der Waals surface area contributed by atoms with Crippen LogP contribution in [0.25, 0.3) is 0 Å². The number of anilines is 1. The number of nitrogens with two attached hydrogens (primary N) is 1. The van der Waals surface area contributed by atoms with Crippen LogP contribution in [0.2, 0.25) is 0 Å². The Bertz CT molecular complexity index is 471. The molecule has 1 unspecified atom stereocenters. The van der Waals surface area contributed by atoms with E-state index in [4.69, 9.17) is 18.0 Å². The lowest BCUT2D eigenvalue weighted by molar-refractivity contribution is 0.378. The van der Waals surface area contributed by atoms with Crippen LogP contribution < -0.4 is 11.1 Å². The molecule has 1 saturated carbocycles. The Morgan fingerprint density at radius 1 is 1.50 bits per heavy atom. The summed E-state index contributed by atoms with van der Waals surface area (Å²) in [7, 11) is 0. The molecule has 0 aliphatic heterocycles. The third-order valence-electron chi connectivity index (χ3n) is 3.58. The number of nitrogens with one attached hydrogen (secondary N) is 1. The molecule has 18 heavy (non-hydrogen) atoms. The van der Waals surface area contributed by atoms with E-state index >= 15 is 0 Å². The standard InChI is InChI=1S/C14H19FN2S/c1-14(2)6-5-10(8-14)17-12-4-3-9(15)7-11(12)13(16)18/h3-4,7,10,17H,5-6,8H2,1-2H3,(H2,16,18). The molecule has 0 aromatic heterocycles. The fourth-order valence-electron chi connectivity index (χ4n) is 2.63. The van der Waals surface area contributed by atoms with Crippen molar-refractivity contribution in [2.45, 2.75) is 39.2 Å². The van der Waals surface area contributed by atoms with Gasteiger partial charge >= 0.3 is 0 Å². The molecule has 3 N–H and O–H groups in total. The average Bonchev–Trinajstić information content (AvgIpc) is 2.60. The monoisotopic (exact) mass is 266 g/mol. The lowest BCUT2D eigenvalue weighted by Crippen LogP contribution is -2.21. The zero-order valence-corrected chi connectivity index (χ0v) is 11.6. The number of benzene rings is 1. The normalized spacial score (nSPS) is 21.8. The second kappa shape index (κ2) is 4.84. The van der Waals surface area contributed by atoms with Crippen molar-refractivity contribution in [2.75, 3.05) is 5.32 Å². The van der Waals surface area contributed by atoms with E-state index in [0.717, 1.165) is 18.5 Å². The summed E-state index contributed by atoms with van der Waals surface area (Å²) in [5.41, 5.74) is 7.44. The summed E-state index contributed by atoms with van der Waals surface area (Å²) in [6, 6.07) is 4.96. The molecule has 0 radical (unpaired) electrons. The minimum atomic E-state index is -0.310. The first-order valence-corrected chi connectivity index (χ1v) is 6.64. The largest absolute Gasteiger partial charge is 0.389 e. The van der Waals surface area contributed by atoms with Gasteiger partial charge in [0.05, 0.1) is 0 Å². The Morgan fingerprint density at radius 3 is 2.78 bits per heavy atom. The van der Waals surface area contributed by atoms with Crippen molar-refractivity contribution < 1.29 is 4.39 Å². The molecule has 1 aliphatic rings. The highest BCUT2D eigenvalue weighted by molar-refractivity contribution is 7.80. The Kier molecular flexibility index (Phi) is 3.57. The number of rotatable bonds is 3. The van der Waals surface area contributed by atoms with Crippen LogP contribution in [0.4, 0.5) is 10.1 Å². The van der Waals surface area contributed by atoms with Crippen molar-refractivity contribution in [3.05, 3.63) is 29.6 Å². The van der Waals surface area contributed by atoms with E-state index < -0.39 is 0 Å². The molecule has 4 heteroatoms. The average molecular weight is 266 g/mol. The van der Waals surface area contributed by atoms with Crippen LogP contribution in [0.5, 0.6) is 0 Å². The Hall–Kier alpha value is -1.16. The molecule has 2 nitrogen and oxygen atoms in total. The van der Waals surface area contributed by atoms with Gasteiger partial charge in [0.15, 0.2) is 0 Å². The molecule has 0 bridgehead atoms. The van der Waals surface area contributed by atoms with Gasteiger partial charge in [0.2, 0.25) is 0 Å². The fourth-order valence-corrected chi connectivity index (χ4v) is 2.79. The van der Waals surface area contributed by atoms with Crippen molar-refractivity contribution in [1.29, 1.82) is 0 Å². The maximum Gasteiger partial charge on any atom is 0.124 e. The van der Waals surface area contributed by atoms with Gasteiger partial charge in [-0.3, -0.25) is 0 Å². The summed E-state index contributed by atoms with van der Waals surface area (Å²) in [5.74, 6) is -0.310. The first-order chi connectivity index (χ1) is 8.37. The number of hydrogen-bond donors (Lipinski definition) is 2. The third kappa shape index (κ3) is 2.99. The van der Waals surface area contributed by atoms with Gasteiger partial charge in [0.1, 0.15) is 10.8 Å². The molecule has 0 spiro atoms.